The lowest BCUT2D eigenvalue weighted by molar-refractivity contribution is 0.663. The fourth-order valence-electron chi connectivity index (χ4n) is 10.7. The largest absolute Gasteiger partial charge is 0.456 e. The molecule has 6 heteroatoms. The second-order valence-corrected chi connectivity index (χ2v) is 17.6. The Labute approximate surface area is 387 Å². The van der Waals surface area contributed by atoms with Gasteiger partial charge in [0.25, 0.3) is 0 Å². The van der Waals surface area contributed by atoms with E-state index in [9.17, 15) is 0 Å². The quantitative estimate of drug-likeness (QED) is 0.166. The standard InChI is InChI=1S/C62H36N2O4/c1-3-13-41(14-4-1)63(50-19-11-23-54-59(50)46-17-7-9-21-52(46)65-54)43-27-25-37-33-48-45-29-30-56-61(62(45)68-57(48)35-39(37)31-43)49-34-38-26-28-44(32-40(38)36-58(49)67-56)64(42-15-5-2-6-16-42)51-20-12-24-55-60(51)47-18-8-10-22-53(47)66-55/h1-36H. The minimum absolute atomic E-state index is 0.790. The number of para-hydroxylation sites is 4. The van der Waals surface area contributed by atoms with Gasteiger partial charge in [-0.15, -0.1) is 0 Å². The Morgan fingerprint density at radius 1 is 0.235 bits per heavy atom. The van der Waals surface area contributed by atoms with E-state index < -0.39 is 0 Å². The third-order valence-corrected chi connectivity index (χ3v) is 13.7. The van der Waals surface area contributed by atoms with Crippen molar-refractivity contribution in [2.24, 2.45) is 0 Å². The first-order chi connectivity index (χ1) is 33.7. The van der Waals surface area contributed by atoms with Crippen LogP contribution in [0.5, 0.6) is 0 Å². The average molecular weight is 873 g/mol. The zero-order valence-electron chi connectivity index (χ0n) is 36.3. The van der Waals surface area contributed by atoms with Gasteiger partial charge in [-0.25, -0.2) is 0 Å². The number of rotatable bonds is 6. The second-order valence-electron chi connectivity index (χ2n) is 17.6. The van der Waals surface area contributed by atoms with Crippen molar-refractivity contribution in [3.8, 4) is 0 Å². The van der Waals surface area contributed by atoms with Crippen molar-refractivity contribution in [2.75, 3.05) is 9.80 Å². The van der Waals surface area contributed by atoms with Crippen LogP contribution >= 0.6 is 0 Å². The zero-order valence-corrected chi connectivity index (χ0v) is 36.3. The van der Waals surface area contributed by atoms with Crippen molar-refractivity contribution >= 4 is 143 Å². The van der Waals surface area contributed by atoms with Gasteiger partial charge >= 0.3 is 0 Å². The van der Waals surface area contributed by atoms with Crippen LogP contribution in [0.1, 0.15) is 0 Å². The molecule has 0 aliphatic heterocycles. The fraction of sp³-hybridized carbons (Fsp3) is 0. The first-order valence-electron chi connectivity index (χ1n) is 22.9. The molecule has 0 spiro atoms. The van der Waals surface area contributed by atoms with Crippen LogP contribution in [0, 0.1) is 0 Å². The van der Waals surface area contributed by atoms with Crippen LogP contribution in [0.15, 0.2) is 236 Å². The number of fused-ring (bicyclic) bond motifs is 15. The Kier molecular flexibility index (Phi) is 7.69. The van der Waals surface area contributed by atoms with Crippen LogP contribution < -0.4 is 9.80 Å². The highest BCUT2D eigenvalue weighted by Gasteiger charge is 2.23. The lowest BCUT2D eigenvalue weighted by atomic mass is 10.0. The monoisotopic (exact) mass is 872 g/mol. The van der Waals surface area contributed by atoms with E-state index in [2.05, 4.69) is 192 Å². The smallest absolute Gasteiger partial charge is 0.147 e. The number of hydrogen-bond donors (Lipinski definition) is 0. The lowest BCUT2D eigenvalue weighted by Gasteiger charge is -2.26. The molecule has 318 valence electrons. The van der Waals surface area contributed by atoms with Crippen molar-refractivity contribution in [1.82, 2.24) is 0 Å². The van der Waals surface area contributed by atoms with Gasteiger partial charge in [0.2, 0.25) is 0 Å². The third kappa shape index (κ3) is 5.46. The molecule has 4 aromatic heterocycles. The van der Waals surface area contributed by atoms with E-state index >= 15 is 0 Å². The van der Waals surface area contributed by atoms with E-state index in [-0.39, 0.29) is 0 Å². The number of anilines is 6. The van der Waals surface area contributed by atoms with E-state index in [0.717, 1.165) is 143 Å². The minimum atomic E-state index is 0.790. The van der Waals surface area contributed by atoms with Gasteiger partial charge in [0.05, 0.1) is 27.5 Å². The molecule has 0 N–H and O–H groups in total. The van der Waals surface area contributed by atoms with E-state index in [1.54, 1.807) is 0 Å². The van der Waals surface area contributed by atoms with E-state index in [0.29, 0.717) is 0 Å². The van der Waals surface area contributed by atoms with Crippen LogP contribution in [-0.2, 0) is 0 Å². The van der Waals surface area contributed by atoms with Crippen LogP contribution in [-0.4, -0.2) is 0 Å². The molecule has 0 aliphatic rings. The predicted molar refractivity (Wildman–Crippen MR) is 280 cm³/mol. The summed E-state index contributed by atoms with van der Waals surface area (Å²) in [6.07, 6.45) is 0. The zero-order chi connectivity index (χ0) is 44.5. The minimum Gasteiger partial charge on any atom is -0.456 e. The molecule has 0 bridgehead atoms. The van der Waals surface area contributed by atoms with Crippen molar-refractivity contribution in [3.63, 3.8) is 0 Å². The predicted octanol–water partition coefficient (Wildman–Crippen LogP) is 18.5. The van der Waals surface area contributed by atoms with E-state index in [1.165, 1.54) is 0 Å². The molecule has 0 saturated heterocycles. The van der Waals surface area contributed by atoms with Crippen LogP contribution in [0.2, 0.25) is 0 Å². The maximum atomic E-state index is 6.92. The van der Waals surface area contributed by atoms with Crippen molar-refractivity contribution in [2.45, 2.75) is 0 Å². The number of benzene rings is 11. The highest BCUT2D eigenvalue weighted by Crippen LogP contribution is 2.47. The fourth-order valence-corrected chi connectivity index (χ4v) is 10.7. The topological polar surface area (TPSA) is 59.0 Å². The summed E-state index contributed by atoms with van der Waals surface area (Å²) in [4.78, 5) is 4.64. The molecule has 0 radical (unpaired) electrons. The second kappa shape index (κ2) is 14.1. The molecular weight excluding hydrogens is 837 g/mol. The molecule has 0 atom stereocenters. The Morgan fingerprint density at radius 3 is 1.28 bits per heavy atom. The van der Waals surface area contributed by atoms with Crippen molar-refractivity contribution in [3.05, 3.63) is 218 Å². The molecule has 4 heterocycles. The summed E-state index contributed by atoms with van der Waals surface area (Å²) >= 11 is 0. The highest BCUT2D eigenvalue weighted by atomic mass is 16.3. The van der Waals surface area contributed by atoms with Gasteiger partial charge in [0, 0.05) is 49.7 Å². The maximum Gasteiger partial charge on any atom is 0.147 e. The molecule has 0 amide bonds. The van der Waals surface area contributed by atoms with Crippen molar-refractivity contribution < 1.29 is 17.7 Å². The van der Waals surface area contributed by atoms with Gasteiger partial charge in [0.15, 0.2) is 0 Å². The highest BCUT2D eigenvalue weighted by molar-refractivity contribution is 6.24. The van der Waals surface area contributed by atoms with E-state index in [1.807, 2.05) is 36.4 Å². The van der Waals surface area contributed by atoms with Gasteiger partial charge in [-0.05, 0) is 143 Å². The summed E-state index contributed by atoms with van der Waals surface area (Å²) in [6, 6.07) is 76.6. The molecule has 0 saturated carbocycles. The maximum absolute atomic E-state index is 6.92. The molecule has 11 aromatic carbocycles. The number of nitrogens with zero attached hydrogens (tertiary/aromatic N) is 2. The number of hydrogen-bond acceptors (Lipinski definition) is 6. The SMILES string of the molecule is c1ccc(N(c2ccc3cc4c(cc3c2)oc2c4ccc3oc4cc5cc(N(c6ccccc6)c6cccc7oc8ccccc8c67)ccc5cc4c32)c2cccc3oc4ccccc4c23)cc1. The summed E-state index contributed by atoms with van der Waals surface area (Å²) in [5.74, 6) is 0. The van der Waals surface area contributed by atoms with Crippen LogP contribution in [0.4, 0.5) is 34.1 Å². The molecule has 6 nitrogen and oxygen atoms in total. The summed E-state index contributed by atoms with van der Waals surface area (Å²) in [5, 5.41) is 12.8. The molecule has 68 heavy (non-hydrogen) atoms. The molecule has 0 aliphatic carbocycles. The van der Waals surface area contributed by atoms with Gasteiger partial charge in [0.1, 0.15) is 44.7 Å². The first kappa shape index (κ1) is 37.0. The summed E-state index contributed by atoms with van der Waals surface area (Å²) in [5.41, 5.74) is 13.0. The van der Waals surface area contributed by atoms with Gasteiger partial charge < -0.3 is 27.5 Å². The van der Waals surface area contributed by atoms with Gasteiger partial charge in [-0.3, -0.25) is 0 Å². The molecular formula is C62H36N2O4. The summed E-state index contributed by atoms with van der Waals surface area (Å²) in [6.45, 7) is 0. The molecule has 0 unspecified atom stereocenters. The summed E-state index contributed by atoms with van der Waals surface area (Å²) < 4.78 is 26.3. The Balaban J connectivity index is 0.868. The third-order valence-electron chi connectivity index (χ3n) is 13.7. The molecule has 0 fully saturated rings. The average Bonchev–Trinajstić information content (AvgIpc) is 4.16. The Morgan fingerprint density at radius 2 is 0.706 bits per heavy atom. The van der Waals surface area contributed by atoms with Gasteiger partial charge in [-0.2, -0.15) is 0 Å². The van der Waals surface area contributed by atoms with Gasteiger partial charge in [-0.1, -0.05) is 97.1 Å². The van der Waals surface area contributed by atoms with Crippen molar-refractivity contribution in [1.29, 1.82) is 0 Å². The number of furan rings is 4. The Bertz CT molecular complexity index is 4520. The van der Waals surface area contributed by atoms with Crippen LogP contribution in [0.3, 0.4) is 0 Å². The van der Waals surface area contributed by atoms with Crippen LogP contribution in [0.25, 0.3) is 109 Å². The molecule has 15 rings (SSSR count). The van der Waals surface area contributed by atoms with E-state index in [4.69, 9.17) is 17.7 Å². The summed E-state index contributed by atoms with van der Waals surface area (Å²) in [7, 11) is 0. The first-order valence-corrected chi connectivity index (χ1v) is 22.9. The molecule has 15 aromatic rings. The Hall–Kier alpha value is -9.26. The normalized spacial score (nSPS) is 12.1. The lowest BCUT2D eigenvalue weighted by Crippen LogP contribution is -2.10.